The number of ether oxygens (including phenoxy) is 2. The van der Waals surface area contributed by atoms with E-state index in [1.54, 1.807) is 48.5 Å². The van der Waals surface area contributed by atoms with Gasteiger partial charge in [-0.3, -0.25) is 19.3 Å². The molecule has 0 saturated carbocycles. The maximum absolute atomic E-state index is 12.8. The molecule has 3 amide bonds. The van der Waals surface area contributed by atoms with Crippen molar-refractivity contribution in [2.45, 2.75) is 6.61 Å². The lowest BCUT2D eigenvalue weighted by Gasteiger charge is -2.12. The Morgan fingerprint density at radius 2 is 1.77 bits per heavy atom. The van der Waals surface area contributed by atoms with E-state index in [2.05, 4.69) is 27.9 Å². The van der Waals surface area contributed by atoms with Crippen molar-refractivity contribution in [1.82, 2.24) is 4.90 Å². The molecule has 3 aromatic carbocycles. The number of thioether (sulfide) groups is 1. The second-order valence-corrected chi connectivity index (χ2v) is 9.75. The number of anilines is 1. The largest absolute Gasteiger partial charge is 0.493 e. The van der Waals surface area contributed by atoms with Gasteiger partial charge in [-0.1, -0.05) is 36.4 Å². The minimum Gasteiger partial charge on any atom is -0.493 e. The van der Waals surface area contributed by atoms with E-state index in [0.29, 0.717) is 29.4 Å². The van der Waals surface area contributed by atoms with Gasteiger partial charge in [-0.05, 0) is 88.0 Å². The molecule has 7 nitrogen and oxygen atoms in total. The molecular formula is C26H21IN2O5S. The highest BCUT2D eigenvalue weighted by atomic mass is 127. The van der Waals surface area contributed by atoms with E-state index in [1.807, 2.05) is 30.3 Å². The number of carbonyl (C=O) groups excluding carboxylic acids is 3. The molecule has 1 N–H and O–H groups in total. The van der Waals surface area contributed by atoms with Crippen LogP contribution in [0.4, 0.5) is 10.5 Å². The van der Waals surface area contributed by atoms with Crippen LogP contribution in [0.25, 0.3) is 6.08 Å². The van der Waals surface area contributed by atoms with Crippen molar-refractivity contribution in [3.05, 3.63) is 92.4 Å². The predicted octanol–water partition coefficient (Wildman–Crippen LogP) is 5.55. The van der Waals surface area contributed by atoms with Crippen LogP contribution < -0.4 is 14.8 Å². The van der Waals surface area contributed by atoms with Crippen LogP contribution in [0.5, 0.6) is 11.5 Å². The van der Waals surface area contributed by atoms with Crippen LogP contribution >= 0.6 is 34.4 Å². The van der Waals surface area contributed by atoms with Crippen LogP contribution in [-0.4, -0.2) is 35.6 Å². The van der Waals surface area contributed by atoms with Crippen LogP contribution in [-0.2, 0) is 16.2 Å². The first kappa shape index (κ1) is 24.8. The number of carbonyl (C=O) groups is 3. The normalized spacial score (nSPS) is 14.3. The van der Waals surface area contributed by atoms with Gasteiger partial charge in [0.2, 0.25) is 5.91 Å². The number of hydrogen-bond acceptors (Lipinski definition) is 6. The third kappa shape index (κ3) is 6.43. The molecule has 3 aromatic rings. The number of imide groups is 1. The van der Waals surface area contributed by atoms with E-state index in [1.165, 1.54) is 7.11 Å². The van der Waals surface area contributed by atoms with Crippen molar-refractivity contribution in [1.29, 1.82) is 0 Å². The lowest BCUT2D eigenvalue weighted by molar-refractivity contribution is -0.127. The number of hydrogen-bond donors (Lipinski definition) is 1. The minimum absolute atomic E-state index is 0.233. The van der Waals surface area contributed by atoms with E-state index in [-0.39, 0.29) is 11.4 Å². The predicted molar refractivity (Wildman–Crippen MR) is 144 cm³/mol. The van der Waals surface area contributed by atoms with Gasteiger partial charge in [0.15, 0.2) is 11.5 Å². The number of benzene rings is 3. The van der Waals surface area contributed by atoms with E-state index in [4.69, 9.17) is 9.47 Å². The SMILES string of the molecule is COc1cc(/C=C2\SC(=O)N(CC(=O)Nc3ccccc3)C2=O)ccc1OCc1ccc(I)cc1. The molecule has 1 aliphatic rings. The van der Waals surface area contributed by atoms with Crippen molar-refractivity contribution < 1.29 is 23.9 Å². The summed E-state index contributed by atoms with van der Waals surface area (Å²) in [5.41, 5.74) is 2.29. The fraction of sp³-hybridized carbons (Fsp3) is 0.115. The molecule has 0 atom stereocenters. The second-order valence-electron chi connectivity index (χ2n) is 7.51. The van der Waals surface area contributed by atoms with Gasteiger partial charge in [-0.2, -0.15) is 0 Å². The van der Waals surface area contributed by atoms with Gasteiger partial charge < -0.3 is 14.8 Å². The Kier molecular flexibility index (Phi) is 8.09. The second kappa shape index (κ2) is 11.4. The van der Waals surface area contributed by atoms with Crippen molar-refractivity contribution >= 4 is 63.2 Å². The summed E-state index contributed by atoms with van der Waals surface area (Å²) in [7, 11) is 1.54. The molecule has 0 aliphatic carbocycles. The van der Waals surface area contributed by atoms with Crippen LogP contribution in [0.15, 0.2) is 77.7 Å². The zero-order chi connectivity index (χ0) is 24.8. The minimum atomic E-state index is -0.513. The Hall–Kier alpha value is -3.31. The lowest BCUT2D eigenvalue weighted by Crippen LogP contribution is -2.36. The summed E-state index contributed by atoms with van der Waals surface area (Å²) in [6.45, 7) is 0.0299. The molecule has 0 unspecified atom stereocenters. The maximum atomic E-state index is 12.8. The number of para-hydroxylation sites is 1. The third-order valence-corrected chi connectivity index (χ3v) is 6.65. The van der Waals surface area contributed by atoms with Crippen LogP contribution in [0.3, 0.4) is 0 Å². The van der Waals surface area contributed by atoms with Gasteiger partial charge in [0.05, 0.1) is 12.0 Å². The molecule has 1 saturated heterocycles. The Balaban J connectivity index is 1.42. The monoisotopic (exact) mass is 600 g/mol. The van der Waals surface area contributed by atoms with Gasteiger partial charge >= 0.3 is 0 Å². The van der Waals surface area contributed by atoms with Gasteiger partial charge in [0, 0.05) is 9.26 Å². The summed E-state index contributed by atoms with van der Waals surface area (Å²) in [6.07, 6.45) is 1.60. The van der Waals surface area contributed by atoms with Crippen LogP contribution in [0, 0.1) is 3.57 Å². The maximum Gasteiger partial charge on any atom is 0.294 e. The van der Waals surface area contributed by atoms with Crippen molar-refractivity contribution in [2.75, 3.05) is 19.0 Å². The van der Waals surface area contributed by atoms with E-state index in [0.717, 1.165) is 25.8 Å². The Labute approximate surface area is 220 Å². The zero-order valence-electron chi connectivity index (χ0n) is 18.7. The molecule has 9 heteroatoms. The Bertz CT molecular complexity index is 1280. The number of amides is 3. The number of nitrogens with one attached hydrogen (secondary N) is 1. The van der Waals surface area contributed by atoms with Crippen LogP contribution in [0.1, 0.15) is 11.1 Å². The smallest absolute Gasteiger partial charge is 0.294 e. The topological polar surface area (TPSA) is 84.9 Å². The molecule has 1 aliphatic heterocycles. The highest BCUT2D eigenvalue weighted by Crippen LogP contribution is 2.34. The molecule has 0 spiro atoms. The van der Waals surface area contributed by atoms with Crippen molar-refractivity contribution in [3.8, 4) is 11.5 Å². The summed E-state index contributed by atoms with van der Waals surface area (Å²) >= 11 is 3.05. The molecular weight excluding hydrogens is 579 g/mol. The molecule has 0 bridgehead atoms. The molecule has 35 heavy (non-hydrogen) atoms. The molecule has 1 fully saturated rings. The average Bonchev–Trinajstić information content (AvgIpc) is 3.12. The molecule has 178 valence electrons. The highest BCUT2D eigenvalue weighted by molar-refractivity contribution is 14.1. The van der Waals surface area contributed by atoms with Crippen molar-refractivity contribution in [2.24, 2.45) is 0 Å². The molecule has 4 rings (SSSR count). The third-order valence-electron chi connectivity index (χ3n) is 5.03. The summed E-state index contributed by atoms with van der Waals surface area (Å²) in [5.74, 6) is 0.108. The number of halogens is 1. The first-order valence-electron chi connectivity index (χ1n) is 10.6. The first-order chi connectivity index (χ1) is 16.9. The average molecular weight is 600 g/mol. The fourth-order valence-corrected chi connectivity index (χ4v) is 4.49. The highest BCUT2D eigenvalue weighted by Gasteiger charge is 2.36. The summed E-state index contributed by atoms with van der Waals surface area (Å²) in [5, 5.41) is 2.19. The van der Waals surface area contributed by atoms with E-state index in [9.17, 15) is 14.4 Å². The summed E-state index contributed by atoms with van der Waals surface area (Å²) in [4.78, 5) is 38.7. The summed E-state index contributed by atoms with van der Waals surface area (Å²) < 4.78 is 12.5. The quantitative estimate of drug-likeness (QED) is 0.270. The van der Waals surface area contributed by atoms with Crippen LogP contribution in [0.2, 0.25) is 0 Å². The standard InChI is InChI=1S/C26H21IN2O5S/c1-33-22-13-18(9-12-21(22)34-16-17-7-10-19(27)11-8-17)14-23-25(31)29(26(32)35-23)15-24(30)28-20-5-3-2-4-6-20/h2-14H,15-16H2,1H3,(H,28,30)/b23-14-. The zero-order valence-corrected chi connectivity index (χ0v) is 21.7. The number of rotatable bonds is 8. The van der Waals surface area contributed by atoms with Gasteiger partial charge in [0.25, 0.3) is 11.1 Å². The first-order valence-corrected chi connectivity index (χ1v) is 12.5. The number of nitrogens with zero attached hydrogens (tertiary/aromatic N) is 1. The van der Waals surface area contributed by atoms with Gasteiger partial charge in [-0.15, -0.1) is 0 Å². The van der Waals surface area contributed by atoms with Gasteiger partial charge in [0.1, 0.15) is 13.2 Å². The van der Waals surface area contributed by atoms with E-state index >= 15 is 0 Å². The number of methoxy groups -OCH3 is 1. The fourth-order valence-electron chi connectivity index (χ4n) is 3.29. The Morgan fingerprint density at radius 3 is 2.49 bits per heavy atom. The molecule has 1 heterocycles. The Morgan fingerprint density at radius 1 is 1.03 bits per heavy atom. The molecule has 0 radical (unpaired) electrons. The summed E-state index contributed by atoms with van der Waals surface area (Å²) in [6, 6.07) is 22.1. The molecule has 0 aromatic heterocycles. The van der Waals surface area contributed by atoms with Crippen molar-refractivity contribution in [3.63, 3.8) is 0 Å². The lowest BCUT2D eigenvalue weighted by atomic mass is 10.1. The van der Waals surface area contributed by atoms with E-state index < -0.39 is 17.1 Å². The van der Waals surface area contributed by atoms with Gasteiger partial charge in [-0.25, -0.2) is 0 Å².